The standard InChI is InChI=1S/C9H16N2O/c12-9(8-1-2-8)11-6-7-3-4-10-5-7/h7-8,10H,1-6H2,(H,11,12). The molecule has 3 heteroatoms. The predicted octanol–water partition coefficient (Wildman–Crippen LogP) is 0.122. The Labute approximate surface area is 72.9 Å². The minimum atomic E-state index is 0.280. The van der Waals surface area contributed by atoms with Crippen molar-refractivity contribution in [3.8, 4) is 0 Å². The molecule has 0 bridgehead atoms. The summed E-state index contributed by atoms with van der Waals surface area (Å²) in [5, 5.41) is 6.30. The Morgan fingerprint density at radius 3 is 2.83 bits per heavy atom. The van der Waals surface area contributed by atoms with E-state index in [-0.39, 0.29) is 5.91 Å². The molecule has 1 amide bonds. The van der Waals surface area contributed by atoms with E-state index in [2.05, 4.69) is 10.6 Å². The first-order chi connectivity index (χ1) is 5.86. The molecule has 1 heterocycles. The van der Waals surface area contributed by atoms with Crippen LogP contribution in [0.25, 0.3) is 0 Å². The van der Waals surface area contributed by atoms with Crippen LogP contribution in [0.2, 0.25) is 0 Å². The van der Waals surface area contributed by atoms with Crippen molar-refractivity contribution in [1.29, 1.82) is 0 Å². The summed E-state index contributed by atoms with van der Waals surface area (Å²) in [4.78, 5) is 11.2. The van der Waals surface area contributed by atoms with Crippen LogP contribution in [0.4, 0.5) is 0 Å². The first-order valence-electron chi connectivity index (χ1n) is 4.84. The van der Waals surface area contributed by atoms with E-state index in [1.807, 2.05) is 0 Å². The number of carbonyl (C=O) groups is 1. The first kappa shape index (κ1) is 8.05. The summed E-state index contributed by atoms with van der Waals surface area (Å²) in [5.41, 5.74) is 0. The van der Waals surface area contributed by atoms with Crippen LogP contribution >= 0.6 is 0 Å². The highest BCUT2D eigenvalue weighted by atomic mass is 16.2. The van der Waals surface area contributed by atoms with Gasteiger partial charge < -0.3 is 10.6 Å². The molecule has 2 aliphatic rings. The maximum absolute atomic E-state index is 11.2. The van der Waals surface area contributed by atoms with Gasteiger partial charge in [-0.05, 0) is 38.3 Å². The van der Waals surface area contributed by atoms with E-state index < -0.39 is 0 Å². The van der Waals surface area contributed by atoms with Crippen LogP contribution in [0.5, 0.6) is 0 Å². The van der Waals surface area contributed by atoms with Crippen LogP contribution in [-0.2, 0) is 4.79 Å². The molecular weight excluding hydrogens is 152 g/mol. The minimum absolute atomic E-state index is 0.280. The normalized spacial score (nSPS) is 28.8. The van der Waals surface area contributed by atoms with Crippen LogP contribution in [0.1, 0.15) is 19.3 Å². The van der Waals surface area contributed by atoms with Crippen LogP contribution in [-0.4, -0.2) is 25.5 Å². The zero-order chi connectivity index (χ0) is 8.39. The van der Waals surface area contributed by atoms with Crippen molar-refractivity contribution >= 4 is 5.91 Å². The molecule has 0 aromatic carbocycles. The van der Waals surface area contributed by atoms with Gasteiger partial charge in [0.1, 0.15) is 0 Å². The molecule has 1 saturated heterocycles. The fourth-order valence-corrected chi connectivity index (χ4v) is 1.62. The number of hydrogen-bond acceptors (Lipinski definition) is 2. The van der Waals surface area contributed by atoms with Gasteiger partial charge in [0.05, 0.1) is 0 Å². The Balaban J connectivity index is 1.63. The third-order valence-electron chi connectivity index (χ3n) is 2.68. The lowest BCUT2D eigenvalue weighted by Crippen LogP contribution is -2.31. The van der Waals surface area contributed by atoms with E-state index in [9.17, 15) is 4.79 Å². The van der Waals surface area contributed by atoms with Crippen molar-refractivity contribution in [2.75, 3.05) is 19.6 Å². The molecule has 1 atom stereocenters. The third-order valence-corrected chi connectivity index (χ3v) is 2.68. The molecule has 1 aliphatic heterocycles. The molecule has 12 heavy (non-hydrogen) atoms. The maximum Gasteiger partial charge on any atom is 0.223 e. The highest BCUT2D eigenvalue weighted by molar-refractivity contribution is 5.80. The average Bonchev–Trinajstić information content (AvgIpc) is 2.80. The molecule has 0 aromatic rings. The molecule has 2 rings (SSSR count). The number of carbonyl (C=O) groups excluding carboxylic acids is 1. The van der Waals surface area contributed by atoms with Gasteiger partial charge in [0.15, 0.2) is 0 Å². The number of rotatable bonds is 3. The summed E-state index contributed by atoms with van der Waals surface area (Å²) in [6, 6.07) is 0. The van der Waals surface area contributed by atoms with Gasteiger partial charge in [-0.1, -0.05) is 0 Å². The monoisotopic (exact) mass is 168 g/mol. The molecule has 0 radical (unpaired) electrons. The highest BCUT2D eigenvalue weighted by Crippen LogP contribution is 2.28. The zero-order valence-corrected chi connectivity index (χ0v) is 7.31. The van der Waals surface area contributed by atoms with Crippen molar-refractivity contribution in [3.63, 3.8) is 0 Å². The van der Waals surface area contributed by atoms with E-state index in [1.165, 1.54) is 6.42 Å². The Morgan fingerprint density at radius 2 is 2.25 bits per heavy atom. The maximum atomic E-state index is 11.2. The zero-order valence-electron chi connectivity index (χ0n) is 7.31. The van der Waals surface area contributed by atoms with E-state index >= 15 is 0 Å². The molecule has 0 spiro atoms. The van der Waals surface area contributed by atoms with Crippen molar-refractivity contribution < 1.29 is 4.79 Å². The Kier molecular flexibility index (Phi) is 2.30. The topological polar surface area (TPSA) is 41.1 Å². The lowest BCUT2D eigenvalue weighted by atomic mass is 10.1. The Bertz CT molecular complexity index is 171. The van der Waals surface area contributed by atoms with Gasteiger partial charge >= 0.3 is 0 Å². The first-order valence-corrected chi connectivity index (χ1v) is 4.84. The molecule has 0 aromatic heterocycles. The van der Waals surface area contributed by atoms with E-state index in [1.54, 1.807) is 0 Å². The van der Waals surface area contributed by atoms with Gasteiger partial charge in [-0.25, -0.2) is 0 Å². The van der Waals surface area contributed by atoms with Gasteiger partial charge in [-0.15, -0.1) is 0 Å². The molecule has 1 saturated carbocycles. The molecule has 68 valence electrons. The Morgan fingerprint density at radius 1 is 1.42 bits per heavy atom. The van der Waals surface area contributed by atoms with Crippen molar-refractivity contribution in [2.45, 2.75) is 19.3 Å². The van der Waals surface area contributed by atoms with E-state index in [4.69, 9.17) is 0 Å². The molecular formula is C9H16N2O. The predicted molar refractivity (Wildman–Crippen MR) is 46.7 cm³/mol. The van der Waals surface area contributed by atoms with Crippen molar-refractivity contribution in [1.82, 2.24) is 10.6 Å². The summed E-state index contributed by atoms with van der Waals surface area (Å²) in [7, 11) is 0. The second-order valence-corrected chi connectivity index (χ2v) is 3.88. The molecule has 1 unspecified atom stereocenters. The summed E-state index contributed by atoms with van der Waals surface area (Å²) in [6.45, 7) is 3.07. The van der Waals surface area contributed by atoms with E-state index in [0.717, 1.165) is 32.5 Å². The Hall–Kier alpha value is -0.570. The lowest BCUT2D eigenvalue weighted by molar-refractivity contribution is -0.122. The fourth-order valence-electron chi connectivity index (χ4n) is 1.62. The smallest absolute Gasteiger partial charge is 0.223 e. The van der Waals surface area contributed by atoms with Crippen LogP contribution < -0.4 is 10.6 Å². The second-order valence-electron chi connectivity index (χ2n) is 3.88. The largest absolute Gasteiger partial charge is 0.356 e. The number of amides is 1. The molecule has 2 fully saturated rings. The summed E-state index contributed by atoms with van der Waals surface area (Å²) in [6.07, 6.45) is 3.43. The third kappa shape index (κ3) is 1.97. The van der Waals surface area contributed by atoms with Crippen LogP contribution in [0.15, 0.2) is 0 Å². The van der Waals surface area contributed by atoms with Crippen molar-refractivity contribution in [2.24, 2.45) is 11.8 Å². The fraction of sp³-hybridized carbons (Fsp3) is 0.889. The van der Waals surface area contributed by atoms with Gasteiger partial charge in [-0.3, -0.25) is 4.79 Å². The minimum Gasteiger partial charge on any atom is -0.356 e. The summed E-state index contributed by atoms with van der Waals surface area (Å²) in [5.74, 6) is 1.31. The SMILES string of the molecule is O=C(NCC1CCNC1)C1CC1. The highest BCUT2D eigenvalue weighted by Gasteiger charge is 2.29. The second kappa shape index (κ2) is 3.44. The molecule has 3 nitrogen and oxygen atoms in total. The average molecular weight is 168 g/mol. The van der Waals surface area contributed by atoms with Gasteiger partial charge in [0, 0.05) is 12.5 Å². The van der Waals surface area contributed by atoms with Crippen LogP contribution in [0.3, 0.4) is 0 Å². The quantitative estimate of drug-likeness (QED) is 0.628. The van der Waals surface area contributed by atoms with Crippen molar-refractivity contribution in [3.05, 3.63) is 0 Å². The van der Waals surface area contributed by atoms with Gasteiger partial charge in [0.25, 0.3) is 0 Å². The summed E-state index contributed by atoms with van der Waals surface area (Å²) >= 11 is 0. The summed E-state index contributed by atoms with van der Waals surface area (Å²) < 4.78 is 0. The van der Waals surface area contributed by atoms with Crippen LogP contribution in [0, 0.1) is 11.8 Å². The van der Waals surface area contributed by atoms with Gasteiger partial charge in [-0.2, -0.15) is 0 Å². The van der Waals surface area contributed by atoms with E-state index in [0.29, 0.717) is 11.8 Å². The molecule has 1 aliphatic carbocycles. The number of hydrogen-bond donors (Lipinski definition) is 2. The van der Waals surface area contributed by atoms with Gasteiger partial charge in [0.2, 0.25) is 5.91 Å². The number of nitrogens with one attached hydrogen (secondary N) is 2. The molecule has 2 N–H and O–H groups in total. The lowest BCUT2D eigenvalue weighted by Gasteiger charge is -2.08.